The number of carbonyl (C=O) groups excluding carboxylic acids is 1. The number of halogens is 1. The van der Waals surface area contributed by atoms with Gasteiger partial charge >= 0.3 is 12.0 Å². The van der Waals surface area contributed by atoms with Crippen LogP contribution in [0.2, 0.25) is 0 Å². The van der Waals surface area contributed by atoms with Crippen molar-refractivity contribution < 1.29 is 19.4 Å². The number of carbonyl (C=O) groups is 2. The molecule has 11 heteroatoms. The molecule has 1 fully saturated rings. The van der Waals surface area contributed by atoms with Gasteiger partial charge in [-0.1, -0.05) is 0 Å². The Labute approximate surface area is 190 Å². The molecule has 4 rings (SSSR count). The quantitative estimate of drug-likeness (QED) is 0.522. The fraction of sp³-hybridized carbons (Fsp3) is 0.250. The van der Waals surface area contributed by atoms with Crippen LogP contribution in [-0.2, 0) is 0 Å². The maximum Gasteiger partial charge on any atom is 0.335 e. The van der Waals surface area contributed by atoms with Crippen LogP contribution in [0.5, 0.6) is 6.01 Å². The fourth-order valence-corrected chi connectivity index (χ4v) is 4.45. The molecule has 1 saturated heterocycles. The molecule has 0 spiro atoms. The number of carboxylic acid groups (broad SMARTS) is 1. The van der Waals surface area contributed by atoms with Crippen LogP contribution in [0, 0.1) is 0 Å². The summed E-state index contributed by atoms with van der Waals surface area (Å²) in [6.07, 6.45) is 4.97. The summed E-state index contributed by atoms with van der Waals surface area (Å²) in [4.78, 5) is 38.4. The summed E-state index contributed by atoms with van der Waals surface area (Å²) in [6, 6.07) is 6.55. The van der Waals surface area contributed by atoms with Gasteiger partial charge in [-0.05, 0) is 40.2 Å². The van der Waals surface area contributed by atoms with Gasteiger partial charge in [0.25, 0.3) is 5.91 Å². The molecule has 2 aromatic heterocycles. The molecule has 3 aromatic rings. The lowest BCUT2D eigenvalue weighted by molar-refractivity contribution is 0.0696. The lowest BCUT2D eigenvalue weighted by Gasteiger charge is -2.31. The topological polar surface area (TPSA) is 118 Å². The second kappa shape index (κ2) is 9.40. The van der Waals surface area contributed by atoms with Crippen molar-refractivity contribution in [3.63, 3.8) is 0 Å². The number of nitrogens with zero attached hydrogens (tertiary/aromatic N) is 4. The fourth-order valence-electron chi connectivity index (χ4n) is 3.11. The molecule has 0 unspecified atom stereocenters. The molecule has 0 atom stereocenters. The number of carboxylic acids is 1. The molecule has 3 heterocycles. The Morgan fingerprint density at radius 2 is 1.97 bits per heavy atom. The first-order chi connectivity index (χ1) is 15.0. The Bertz CT molecular complexity index is 1090. The van der Waals surface area contributed by atoms with E-state index in [2.05, 4.69) is 41.1 Å². The summed E-state index contributed by atoms with van der Waals surface area (Å²) in [5, 5.41) is 14.3. The lowest BCUT2D eigenvalue weighted by Crippen LogP contribution is -2.38. The van der Waals surface area contributed by atoms with Gasteiger partial charge in [0.1, 0.15) is 11.8 Å². The molecule has 1 aliphatic rings. The van der Waals surface area contributed by atoms with Crippen LogP contribution in [0.4, 0.5) is 10.8 Å². The number of anilines is 2. The first-order valence-electron chi connectivity index (χ1n) is 9.48. The molecule has 0 bridgehead atoms. The van der Waals surface area contributed by atoms with Gasteiger partial charge in [-0.25, -0.2) is 19.7 Å². The zero-order valence-corrected chi connectivity index (χ0v) is 18.6. The normalized spacial score (nSPS) is 14.3. The first-order valence-corrected chi connectivity index (χ1v) is 11.1. The minimum absolute atomic E-state index is 0.0486. The standard InChI is InChI=1S/C20H18BrN5O4S/c21-14-10-12(18(28)29)2-3-15(14)24-17(27)16-11-31-20(25-16)26-8-4-13(5-9-26)30-19-22-6-1-7-23-19/h1-3,6-7,10-11,13H,4-5,8-9H2,(H,24,27)(H,28,29). The van der Waals surface area contributed by atoms with E-state index in [1.807, 2.05) is 0 Å². The second-order valence-corrected chi connectivity index (χ2v) is 8.50. The minimum atomic E-state index is -1.03. The second-order valence-electron chi connectivity index (χ2n) is 6.80. The summed E-state index contributed by atoms with van der Waals surface area (Å²) in [7, 11) is 0. The number of rotatable bonds is 6. The molecule has 2 N–H and O–H groups in total. The van der Waals surface area contributed by atoms with E-state index in [9.17, 15) is 9.59 Å². The van der Waals surface area contributed by atoms with Gasteiger partial charge in [-0.2, -0.15) is 0 Å². The smallest absolute Gasteiger partial charge is 0.335 e. The Balaban J connectivity index is 1.34. The number of amides is 1. The largest absolute Gasteiger partial charge is 0.478 e. The van der Waals surface area contributed by atoms with E-state index in [4.69, 9.17) is 9.84 Å². The molecular formula is C20H18BrN5O4S. The molecular weight excluding hydrogens is 486 g/mol. The van der Waals surface area contributed by atoms with Crippen LogP contribution in [0.15, 0.2) is 46.5 Å². The molecule has 160 valence electrons. The SMILES string of the molecule is O=C(O)c1ccc(NC(=O)c2csc(N3CCC(Oc4ncccn4)CC3)n2)c(Br)c1. The van der Waals surface area contributed by atoms with Crippen LogP contribution < -0.4 is 15.0 Å². The van der Waals surface area contributed by atoms with E-state index in [-0.39, 0.29) is 17.6 Å². The molecule has 1 aliphatic heterocycles. The zero-order chi connectivity index (χ0) is 21.8. The van der Waals surface area contributed by atoms with Crippen molar-refractivity contribution in [3.8, 4) is 6.01 Å². The summed E-state index contributed by atoms with van der Waals surface area (Å²) in [5.41, 5.74) is 0.919. The van der Waals surface area contributed by atoms with Crippen LogP contribution in [0.1, 0.15) is 33.7 Å². The number of benzene rings is 1. The maximum absolute atomic E-state index is 12.6. The van der Waals surface area contributed by atoms with Gasteiger partial charge in [0.05, 0.1) is 11.3 Å². The van der Waals surface area contributed by atoms with Gasteiger partial charge in [-0.15, -0.1) is 11.3 Å². The molecule has 1 aromatic carbocycles. The van der Waals surface area contributed by atoms with Crippen molar-refractivity contribution in [1.29, 1.82) is 0 Å². The summed E-state index contributed by atoms with van der Waals surface area (Å²) >= 11 is 4.70. The van der Waals surface area contributed by atoms with E-state index in [0.717, 1.165) is 31.1 Å². The van der Waals surface area contributed by atoms with Gasteiger partial charge < -0.3 is 20.1 Å². The number of hydrogen-bond donors (Lipinski definition) is 2. The number of piperidine rings is 1. The number of nitrogens with one attached hydrogen (secondary N) is 1. The minimum Gasteiger partial charge on any atom is -0.478 e. The van der Waals surface area contributed by atoms with Crippen molar-refractivity contribution in [1.82, 2.24) is 15.0 Å². The molecule has 1 amide bonds. The van der Waals surface area contributed by atoms with E-state index in [1.165, 1.54) is 23.5 Å². The molecule has 31 heavy (non-hydrogen) atoms. The Hall–Kier alpha value is -3.05. The average molecular weight is 504 g/mol. The van der Waals surface area contributed by atoms with Crippen LogP contribution in [-0.4, -0.2) is 51.1 Å². The summed E-state index contributed by atoms with van der Waals surface area (Å²) in [5.74, 6) is -1.39. The van der Waals surface area contributed by atoms with E-state index in [0.29, 0.717) is 21.9 Å². The third kappa shape index (κ3) is 5.17. The van der Waals surface area contributed by atoms with Gasteiger partial charge in [0.2, 0.25) is 0 Å². The highest BCUT2D eigenvalue weighted by atomic mass is 79.9. The number of ether oxygens (including phenoxy) is 1. The van der Waals surface area contributed by atoms with Crippen LogP contribution in [0.25, 0.3) is 0 Å². The van der Waals surface area contributed by atoms with Gasteiger partial charge in [-0.3, -0.25) is 4.79 Å². The lowest BCUT2D eigenvalue weighted by atomic mass is 10.1. The maximum atomic E-state index is 12.6. The highest BCUT2D eigenvalue weighted by Gasteiger charge is 2.24. The molecule has 0 aliphatic carbocycles. The third-order valence-corrected chi connectivity index (χ3v) is 6.27. The van der Waals surface area contributed by atoms with E-state index in [1.54, 1.807) is 29.9 Å². The predicted molar refractivity (Wildman–Crippen MR) is 119 cm³/mol. The number of aromatic carboxylic acids is 1. The highest BCUT2D eigenvalue weighted by molar-refractivity contribution is 9.10. The van der Waals surface area contributed by atoms with Crippen molar-refractivity contribution >= 4 is 50.0 Å². The Morgan fingerprint density at radius 1 is 1.23 bits per heavy atom. The third-order valence-electron chi connectivity index (χ3n) is 4.72. The van der Waals surface area contributed by atoms with Crippen molar-refractivity contribution in [3.05, 3.63) is 57.8 Å². The molecule has 9 nitrogen and oxygen atoms in total. The highest BCUT2D eigenvalue weighted by Crippen LogP contribution is 2.27. The zero-order valence-electron chi connectivity index (χ0n) is 16.2. The Kier molecular flexibility index (Phi) is 6.42. The van der Waals surface area contributed by atoms with Crippen molar-refractivity contribution in [2.45, 2.75) is 18.9 Å². The van der Waals surface area contributed by atoms with E-state index < -0.39 is 5.97 Å². The number of hydrogen-bond acceptors (Lipinski definition) is 8. The van der Waals surface area contributed by atoms with Gasteiger partial charge in [0, 0.05) is 48.2 Å². The van der Waals surface area contributed by atoms with Crippen molar-refractivity contribution in [2.24, 2.45) is 0 Å². The molecule has 0 radical (unpaired) electrons. The average Bonchev–Trinajstić information content (AvgIpc) is 3.27. The molecule has 0 saturated carbocycles. The van der Waals surface area contributed by atoms with Gasteiger partial charge in [0.15, 0.2) is 5.13 Å². The van der Waals surface area contributed by atoms with E-state index >= 15 is 0 Å². The first kappa shape index (κ1) is 21.2. The Morgan fingerprint density at radius 3 is 2.65 bits per heavy atom. The van der Waals surface area contributed by atoms with Crippen LogP contribution >= 0.6 is 27.3 Å². The number of aromatic nitrogens is 3. The monoisotopic (exact) mass is 503 g/mol. The number of thiazole rings is 1. The van der Waals surface area contributed by atoms with Crippen molar-refractivity contribution in [2.75, 3.05) is 23.3 Å². The van der Waals surface area contributed by atoms with Crippen LogP contribution in [0.3, 0.4) is 0 Å². The predicted octanol–water partition coefficient (Wildman–Crippen LogP) is 3.69. The summed E-state index contributed by atoms with van der Waals surface area (Å²) < 4.78 is 6.30. The summed E-state index contributed by atoms with van der Waals surface area (Å²) in [6.45, 7) is 1.52.